The van der Waals surface area contributed by atoms with E-state index in [1.54, 1.807) is 29.7 Å². The van der Waals surface area contributed by atoms with Gasteiger partial charge in [0.1, 0.15) is 5.82 Å². The van der Waals surface area contributed by atoms with Gasteiger partial charge < -0.3 is 10.6 Å². The van der Waals surface area contributed by atoms with E-state index < -0.39 is 22.8 Å². The van der Waals surface area contributed by atoms with E-state index in [1.807, 2.05) is 30.3 Å². The highest BCUT2D eigenvalue weighted by atomic mass is 32.2. The lowest BCUT2D eigenvalue weighted by atomic mass is 10.2. The van der Waals surface area contributed by atoms with Gasteiger partial charge >= 0.3 is 6.03 Å². The fourth-order valence-corrected chi connectivity index (χ4v) is 4.25. The lowest BCUT2D eigenvalue weighted by Crippen LogP contribution is -2.32. The van der Waals surface area contributed by atoms with Gasteiger partial charge in [0, 0.05) is 29.3 Å². The van der Waals surface area contributed by atoms with Crippen LogP contribution >= 0.6 is 11.8 Å². The quantitative estimate of drug-likeness (QED) is 0.191. The van der Waals surface area contributed by atoms with Crippen molar-refractivity contribution in [2.24, 2.45) is 0 Å². The number of carbonyl (C=O) groups excluding carboxylic acids is 1. The van der Waals surface area contributed by atoms with Crippen LogP contribution in [0.25, 0.3) is 5.69 Å². The van der Waals surface area contributed by atoms with Crippen molar-refractivity contribution in [1.82, 2.24) is 20.1 Å². The smallest absolute Gasteiger partial charge is 0.319 e. The molecule has 0 fully saturated rings. The van der Waals surface area contributed by atoms with E-state index in [0.29, 0.717) is 28.1 Å². The second-order valence-corrected chi connectivity index (χ2v) is 8.50. The van der Waals surface area contributed by atoms with Crippen LogP contribution in [-0.2, 0) is 5.75 Å². The van der Waals surface area contributed by atoms with Crippen LogP contribution in [0.5, 0.6) is 0 Å². The minimum Gasteiger partial charge on any atom is -0.328 e. The Morgan fingerprint density at radius 3 is 2.51 bits per heavy atom. The lowest BCUT2D eigenvalue weighted by molar-refractivity contribution is -0.384. The summed E-state index contributed by atoms with van der Waals surface area (Å²) in [5.41, 5.74) is 1.98. The fourth-order valence-electron chi connectivity index (χ4n) is 3.34. The molecule has 0 aliphatic rings. The molecular weight excluding hydrogens is 471 g/mol. The average molecular weight is 493 g/mol. The van der Waals surface area contributed by atoms with E-state index in [-0.39, 0.29) is 5.69 Å². The molecule has 0 saturated heterocycles. The molecule has 2 amide bonds. The zero-order valence-corrected chi connectivity index (χ0v) is 19.4. The number of hydrogen-bond acceptors (Lipinski definition) is 6. The number of rotatable bonds is 8. The predicted octanol–water partition coefficient (Wildman–Crippen LogP) is 5.49. The molecule has 4 aromatic rings. The molecule has 1 aromatic heterocycles. The molecule has 178 valence electrons. The molecular formula is C24H21FN6O3S. The number of thioether (sulfide) groups is 1. The van der Waals surface area contributed by atoms with Crippen LogP contribution in [-0.4, -0.2) is 25.7 Å². The van der Waals surface area contributed by atoms with Gasteiger partial charge in [-0.05, 0) is 42.8 Å². The van der Waals surface area contributed by atoms with Crippen molar-refractivity contribution in [1.29, 1.82) is 0 Å². The van der Waals surface area contributed by atoms with Crippen molar-refractivity contribution in [3.05, 3.63) is 106 Å². The number of carbonyl (C=O) groups is 1. The average Bonchev–Trinajstić information content (AvgIpc) is 3.27. The zero-order chi connectivity index (χ0) is 24.8. The second kappa shape index (κ2) is 10.8. The molecule has 2 N–H and O–H groups in total. The van der Waals surface area contributed by atoms with Crippen LogP contribution in [0.1, 0.15) is 24.4 Å². The van der Waals surface area contributed by atoms with Crippen LogP contribution in [0.2, 0.25) is 0 Å². The zero-order valence-electron chi connectivity index (χ0n) is 18.6. The highest BCUT2D eigenvalue weighted by molar-refractivity contribution is 7.98. The topological polar surface area (TPSA) is 115 Å². The number of halogens is 1. The number of urea groups is 1. The molecule has 0 bridgehead atoms. The molecule has 35 heavy (non-hydrogen) atoms. The standard InChI is InChI=1S/C24H21FN6O3S/c1-16(26-23(32)27-19-9-5-8-18(25)14-19)22-28-29-24(35-15-17-6-3-2-4-7-17)30(22)20-10-12-21(13-11-20)31(33)34/h2-14,16H,15H2,1H3,(H2,26,27,32). The first-order chi connectivity index (χ1) is 16.9. The minimum atomic E-state index is -0.586. The van der Waals surface area contributed by atoms with Crippen molar-refractivity contribution < 1.29 is 14.1 Å². The summed E-state index contributed by atoms with van der Waals surface area (Å²) in [7, 11) is 0. The third-order valence-corrected chi connectivity index (χ3v) is 6.01. The Hall–Kier alpha value is -4.25. The number of aromatic nitrogens is 3. The first-order valence-corrected chi connectivity index (χ1v) is 11.6. The molecule has 9 nitrogen and oxygen atoms in total. The van der Waals surface area contributed by atoms with Crippen LogP contribution in [0.4, 0.5) is 20.6 Å². The minimum absolute atomic E-state index is 0.0393. The molecule has 11 heteroatoms. The summed E-state index contributed by atoms with van der Waals surface area (Å²) >= 11 is 1.45. The van der Waals surface area contributed by atoms with Crippen molar-refractivity contribution in [2.75, 3.05) is 5.32 Å². The monoisotopic (exact) mass is 492 g/mol. The van der Waals surface area contributed by atoms with Gasteiger partial charge in [-0.2, -0.15) is 0 Å². The fraction of sp³-hybridized carbons (Fsp3) is 0.125. The SMILES string of the molecule is CC(NC(=O)Nc1cccc(F)c1)c1nnc(SCc2ccccc2)n1-c1ccc([N+](=O)[O-])cc1. The number of non-ortho nitro benzene ring substituents is 1. The van der Waals surface area contributed by atoms with Gasteiger partial charge in [-0.1, -0.05) is 48.2 Å². The van der Waals surface area contributed by atoms with Gasteiger partial charge in [0.25, 0.3) is 5.69 Å². The van der Waals surface area contributed by atoms with Crippen LogP contribution < -0.4 is 10.6 Å². The van der Waals surface area contributed by atoms with E-state index in [4.69, 9.17) is 0 Å². The number of amides is 2. The summed E-state index contributed by atoms with van der Waals surface area (Å²) in [6, 6.07) is 20.3. The molecule has 0 aliphatic heterocycles. The normalized spacial score (nSPS) is 11.6. The summed E-state index contributed by atoms with van der Waals surface area (Å²) in [6.07, 6.45) is 0. The molecule has 0 aliphatic carbocycles. The largest absolute Gasteiger partial charge is 0.328 e. The highest BCUT2D eigenvalue weighted by Gasteiger charge is 2.22. The molecule has 0 radical (unpaired) electrons. The summed E-state index contributed by atoms with van der Waals surface area (Å²) in [6.45, 7) is 1.74. The van der Waals surface area contributed by atoms with E-state index in [9.17, 15) is 19.3 Å². The molecule has 0 spiro atoms. The van der Waals surface area contributed by atoms with Gasteiger partial charge in [0.15, 0.2) is 11.0 Å². The maximum atomic E-state index is 13.4. The van der Waals surface area contributed by atoms with Gasteiger partial charge in [0.05, 0.1) is 11.0 Å². The Balaban J connectivity index is 1.59. The summed E-state index contributed by atoms with van der Waals surface area (Å²) in [5, 5.41) is 25.6. The molecule has 1 heterocycles. The number of benzene rings is 3. The Morgan fingerprint density at radius 2 is 1.83 bits per heavy atom. The summed E-state index contributed by atoms with van der Waals surface area (Å²) in [5.74, 6) is 0.603. The van der Waals surface area contributed by atoms with E-state index in [0.717, 1.165) is 5.56 Å². The Labute approximate surface area is 204 Å². The Bertz CT molecular complexity index is 1330. The van der Waals surface area contributed by atoms with Gasteiger partial charge in [-0.15, -0.1) is 10.2 Å². The van der Waals surface area contributed by atoms with Gasteiger partial charge in [-0.3, -0.25) is 14.7 Å². The third-order valence-electron chi connectivity index (χ3n) is 5.01. The van der Waals surface area contributed by atoms with Crippen LogP contribution in [0.15, 0.2) is 84.0 Å². The predicted molar refractivity (Wildman–Crippen MR) is 131 cm³/mol. The van der Waals surface area contributed by atoms with E-state index in [1.165, 1.54) is 42.1 Å². The number of nitro benzene ring substituents is 1. The van der Waals surface area contributed by atoms with Gasteiger partial charge in [0.2, 0.25) is 0 Å². The van der Waals surface area contributed by atoms with Crippen molar-refractivity contribution in [3.8, 4) is 5.69 Å². The van der Waals surface area contributed by atoms with E-state index in [2.05, 4.69) is 20.8 Å². The second-order valence-electron chi connectivity index (χ2n) is 7.55. The summed E-state index contributed by atoms with van der Waals surface area (Å²) < 4.78 is 15.2. The van der Waals surface area contributed by atoms with Crippen molar-refractivity contribution in [3.63, 3.8) is 0 Å². The molecule has 4 rings (SSSR count). The molecule has 3 aromatic carbocycles. The van der Waals surface area contributed by atoms with Crippen molar-refractivity contribution in [2.45, 2.75) is 23.9 Å². The molecule has 1 unspecified atom stereocenters. The Morgan fingerprint density at radius 1 is 1.09 bits per heavy atom. The highest BCUT2D eigenvalue weighted by Crippen LogP contribution is 2.28. The van der Waals surface area contributed by atoms with E-state index >= 15 is 0 Å². The van der Waals surface area contributed by atoms with Gasteiger partial charge in [-0.25, -0.2) is 9.18 Å². The van der Waals surface area contributed by atoms with Crippen molar-refractivity contribution >= 4 is 29.2 Å². The first-order valence-electron chi connectivity index (χ1n) is 10.6. The number of nitrogens with zero attached hydrogens (tertiary/aromatic N) is 4. The first kappa shape index (κ1) is 23.9. The maximum Gasteiger partial charge on any atom is 0.319 e. The molecule has 0 saturated carbocycles. The number of anilines is 1. The number of nitro groups is 1. The van der Waals surface area contributed by atoms with Crippen LogP contribution in [0.3, 0.4) is 0 Å². The number of hydrogen-bond donors (Lipinski definition) is 2. The summed E-state index contributed by atoms with van der Waals surface area (Å²) in [4.78, 5) is 23.1. The lowest BCUT2D eigenvalue weighted by Gasteiger charge is -2.17. The van der Waals surface area contributed by atoms with Crippen LogP contribution in [0, 0.1) is 15.9 Å². The number of nitrogens with one attached hydrogen (secondary N) is 2. The maximum absolute atomic E-state index is 13.4. The molecule has 1 atom stereocenters. The third kappa shape index (κ3) is 6.01. The Kier molecular flexibility index (Phi) is 7.36.